The van der Waals surface area contributed by atoms with Crippen molar-refractivity contribution in [3.63, 3.8) is 0 Å². The minimum absolute atomic E-state index is 0.0366. The number of hydrogen-bond acceptors (Lipinski definition) is 5. The summed E-state index contributed by atoms with van der Waals surface area (Å²) in [6.07, 6.45) is 2.94. The molecule has 2 heterocycles. The van der Waals surface area contributed by atoms with Crippen molar-refractivity contribution < 1.29 is 9.59 Å². The topological polar surface area (TPSA) is 65.5 Å². The molecule has 154 valence electrons. The van der Waals surface area contributed by atoms with E-state index in [2.05, 4.69) is 10.2 Å². The molecule has 2 amide bonds. The number of carbonyl (C=O) groups excluding carboxylic acids is 2. The minimum atomic E-state index is -0.0366. The highest BCUT2D eigenvalue weighted by molar-refractivity contribution is 7.15. The van der Waals surface area contributed by atoms with Gasteiger partial charge in [-0.2, -0.15) is 0 Å². The molecule has 0 unspecified atom stereocenters. The molecule has 2 aliphatic rings. The number of piperazine rings is 1. The van der Waals surface area contributed by atoms with E-state index < -0.39 is 0 Å². The highest BCUT2D eigenvalue weighted by atomic mass is 35.5. The third kappa shape index (κ3) is 4.56. The second-order valence-electron chi connectivity index (χ2n) is 7.52. The first-order chi connectivity index (χ1) is 14.0. The van der Waals surface area contributed by atoms with Gasteiger partial charge in [-0.15, -0.1) is 11.3 Å². The molecule has 8 heteroatoms. The number of aryl methyl sites for hydroxylation is 1. The molecule has 1 aliphatic heterocycles. The lowest BCUT2D eigenvalue weighted by Gasteiger charge is -2.34. The summed E-state index contributed by atoms with van der Waals surface area (Å²) in [6, 6.07) is 7.20. The summed E-state index contributed by atoms with van der Waals surface area (Å²) in [5.74, 6) is 0.239. The van der Waals surface area contributed by atoms with E-state index in [0.29, 0.717) is 11.4 Å². The second-order valence-corrected chi connectivity index (χ2v) is 9.02. The zero-order valence-corrected chi connectivity index (χ0v) is 18.1. The first kappa shape index (κ1) is 20.2. The number of aromatic nitrogens is 1. The van der Waals surface area contributed by atoms with Crippen molar-refractivity contribution in [1.82, 2.24) is 9.88 Å². The van der Waals surface area contributed by atoms with Crippen LogP contribution in [0, 0.1) is 5.92 Å². The molecule has 6 nitrogen and oxygen atoms in total. The summed E-state index contributed by atoms with van der Waals surface area (Å²) < 4.78 is 0. The molecule has 0 bridgehead atoms. The van der Waals surface area contributed by atoms with Gasteiger partial charge in [0.05, 0.1) is 5.69 Å². The van der Waals surface area contributed by atoms with Crippen LogP contribution in [0.5, 0.6) is 0 Å². The van der Waals surface area contributed by atoms with Crippen LogP contribution in [0.4, 0.5) is 10.8 Å². The van der Waals surface area contributed by atoms with Crippen molar-refractivity contribution in [2.24, 2.45) is 5.92 Å². The van der Waals surface area contributed by atoms with Gasteiger partial charge < -0.3 is 15.1 Å². The summed E-state index contributed by atoms with van der Waals surface area (Å²) in [4.78, 5) is 34.8. The summed E-state index contributed by atoms with van der Waals surface area (Å²) in [6.45, 7) is 5.05. The minimum Gasteiger partial charge on any atom is -0.345 e. The molecule has 29 heavy (non-hydrogen) atoms. The second kappa shape index (κ2) is 8.71. The van der Waals surface area contributed by atoms with Crippen molar-refractivity contribution >= 4 is 45.6 Å². The fourth-order valence-corrected chi connectivity index (χ4v) is 5.23. The Morgan fingerprint density at radius 3 is 2.62 bits per heavy atom. The first-order valence-electron chi connectivity index (χ1n) is 10.1. The number of benzene rings is 1. The fraction of sp³-hybridized carbons (Fsp3) is 0.476. The monoisotopic (exact) mass is 432 g/mol. The van der Waals surface area contributed by atoms with Crippen LogP contribution in [-0.4, -0.2) is 47.9 Å². The molecular weight excluding hydrogens is 408 g/mol. The van der Waals surface area contributed by atoms with Gasteiger partial charge in [0.1, 0.15) is 0 Å². The van der Waals surface area contributed by atoms with Gasteiger partial charge in [-0.3, -0.25) is 9.59 Å². The van der Waals surface area contributed by atoms with Gasteiger partial charge in [-0.25, -0.2) is 4.98 Å². The summed E-state index contributed by atoms with van der Waals surface area (Å²) in [5, 5.41) is 4.68. The van der Waals surface area contributed by atoms with Crippen LogP contribution in [-0.2, 0) is 22.4 Å². The van der Waals surface area contributed by atoms with E-state index in [9.17, 15) is 9.59 Å². The number of nitrogens with zero attached hydrogens (tertiary/aromatic N) is 3. The number of amides is 2. The van der Waals surface area contributed by atoms with Crippen molar-refractivity contribution in [3.8, 4) is 0 Å². The van der Waals surface area contributed by atoms with E-state index in [1.807, 2.05) is 24.0 Å². The average Bonchev–Trinajstić information content (AvgIpc) is 3.18. The molecule has 1 aliphatic carbocycles. The normalized spacial score (nSPS) is 19.0. The molecule has 0 spiro atoms. The summed E-state index contributed by atoms with van der Waals surface area (Å²) in [5.41, 5.74) is 1.90. The van der Waals surface area contributed by atoms with Gasteiger partial charge in [0, 0.05) is 54.1 Å². The highest BCUT2D eigenvalue weighted by Crippen LogP contribution is 2.35. The lowest BCUT2D eigenvalue weighted by atomic mass is 9.90. The Balaban J connectivity index is 1.37. The zero-order chi connectivity index (χ0) is 20.4. The molecule has 1 fully saturated rings. The number of halogens is 1. The fourth-order valence-electron chi connectivity index (χ4n) is 3.87. The van der Waals surface area contributed by atoms with Crippen LogP contribution in [0.2, 0.25) is 5.02 Å². The van der Waals surface area contributed by atoms with Crippen LogP contribution < -0.4 is 10.2 Å². The van der Waals surface area contributed by atoms with Gasteiger partial charge in [-0.1, -0.05) is 18.5 Å². The SMILES string of the molecule is CCC(=O)N1CCN(c2nc3c(s2)C[C@H](C(=O)Nc2ccc(Cl)cc2)CC3)CC1. The van der Waals surface area contributed by atoms with Crippen LogP contribution in [0.15, 0.2) is 24.3 Å². The third-order valence-electron chi connectivity index (χ3n) is 5.62. The standard InChI is InChI=1S/C21H25ClN4O2S/c1-2-19(27)25-9-11-26(12-10-25)21-24-17-8-3-14(13-18(17)29-21)20(28)23-16-6-4-15(22)5-7-16/h4-7,14H,2-3,8-13H2,1H3,(H,23,28)/t14-/m1/s1. The number of hydrogen-bond donors (Lipinski definition) is 1. The van der Waals surface area contributed by atoms with E-state index in [1.165, 1.54) is 4.88 Å². The van der Waals surface area contributed by atoms with E-state index in [1.54, 1.807) is 23.5 Å². The first-order valence-corrected chi connectivity index (χ1v) is 11.3. The van der Waals surface area contributed by atoms with E-state index in [4.69, 9.17) is 16.6 Å². The molecule has 1 saturated heterocycles. The van der Waals surface area contributed by atoms with Crippen LogP contribution in [0.1, 0.15) is 30.3 Å². The quantitative estimate of drug-likeness (QED) is 0.801. The van der Waals surface area contributed by atoms with Gasteiger partial charge in [-0.05, 0) is 43.5 Å². The van der Waals surface area contributed by atoms with Crippen LogP contribution in [0.3, 0.4) is 0 Å². The maximum absolute atomic E-state index is 12.7. The Morgan fingerprint density at radius 2 is 1.93 bits per heavy atom. The van der Waals surface area contributed by atoms with E-state index >= 15 is 0 Å². The van der Waals surface area contributed by atoms with Gasteiger partial charge >= 0.3 is 0 Å². The maximum atomic E-state index is 12.7. The molecule has 1 aromatic carbocycles. The van der Waals surface area contributed by atoms with E-state index in [-0.39, 0.29) is 17.7 Å². The predicted octanol–water partition coefficient (Wildman–Crippen LogP) is 3.60. The molecule has 1 N–H and O–H groups in total. The number of anilines is 2. The largest absolute Gasteiger partial charge is 0.345 e. The number of carbonyl (C=O) groups is 2. The highest BCUT2D eigenvalue weighted by Gasteiger charge is 2.29. The molecule has 2 aromatic rings. The Labute approximate surface area is 179 Å². The summed E-state index contributed by atoms with van der Waals surface area (Å²) >= 11 is 7.61. The third-order valence-corrected chi connectivity index (χ3v) is 7.05. The summed E-state index contributed by atoms with van der Waals surface area (Å²) in [7, 11) is 0. The van der Waals surface area contributed by atoms with Crippen molar-refractivity contribution in [2.45, 2.75) is 32.6 Å². The maximum Gasteiger partial charge on any atom is 0.227 e. The van der Waals surface area contributed by atoms with E-state index in [0.717, 1.165) is 62.0 Å². The number of fused-ring (bicyclic) bond motifs is 1. The zero-order valence-electron chi connectivity index (χ0n) is 16.5. The van der Waals surface area contributed by atoms with Gasteiger partial charge in [0.25, 0.3) is 0 Å². The molecule has 1 aromatic heterocycles. The average molecular weight is 433 g/mol. The predicted molar refractivity (Wildman–Crippen MR) is 117 cm³/mol. The van der Waals surface area contributed by atoms with Crippen molar-refractivity contribution in [3.05, 3.63) is 39.9 Å². The Hall–Kier alpha value is -2.12. The van der Waals surface area contributed by atoms with Crippen LogP contribution in [0.25, 0.3) is 0 Å². The lowest BCUT2D eigenvalue weighted by Crippen LogP contribution is -2.48. The van der Waals surface area contributed by atoms with Crippen LogP contribution >= 0.6 is 22.9 Å². The number of nitrogens with one attached hydrogen (secondary N) is 1. The molecule has 0 radical (unpaired) electrons. The Bertz CT molecular complexity index is 891. The van der Waals surface area contributed by atoms with Gasteiger partial charge in [0.2, 0.25) is 11.8 Å². The lowest BCUT2D eigenvalue weighted by molar-refractivity contribution is -0.131. The van der Waals surface area contributed by atoms with Crippen molar-refractivity contribution in [2.75, 3.05) is 36.4 Å². The molecule has 4 rings (SSSR count). The Morgan fingerprint density at radius 1 is 1.21 bits per heavy atom. The Kier molecular flexibility index (Phi) is 6.06. The molecule has 0 saturated carbocycles. The molecule has 1 atom stereocenters. The smallest absolute Gasteiger partial charge is 0.227 e. The number of thiazole rings is 1. The number of rotatable bonds is 4. The van der Waals surface area contributed by atoms with Crippen molar-refractivity contribution in [1.29, 1.82) is 0 Å². The van der Waals surface area contributed by atoms with Gasteiger partial charge in [0.15, 0.2) is 5.13 Å². The molecular formula is C21H25ClN4O2S.